The molecule has 6 nitrogen and oxygen atoms in total. The van der Waals surface area contributed by atoms with E-state index in [1.165, 1.54) is 0 Å². The first-order valence-electron chi connectivity index (χ1n) is 6.53. The minimum absolute atomic E-state index is 0.00419. The van der Waals surface area contributed by atoms with Crippen molar-refractivity contribution in [2.75, 3.05) is 13.1 Å². The predicted octanol–water partition coefficient (Wildman–Crippen LogP) is 0.747. The van der Waals surface area contributed by atoms with Gasteiger partial charge in [-0.3, -0.25) is 14.3 Å². The van der Waals surface area contributed by atoms with Crippen molar-refractivity contribution < 1.29 is 14.7 Å². The Morgan fingerprint density at radius 2 is 2.11 bits per heavy atom. The van der Waals surface area contributed by atoms with Gasteiger partial charge in [-0.2, -0.15) is 5.10 Å². The summed E-state index contributed by atoms with van der Waals surface area (Å²) in [6.45, 7) is 1.30. The minimum Gasteiger partial charge on any atom is -0.481 e. The molecule has 1 atom stereocenters. The summed E-state index contributed by atoms with van der Waals surface area (Å²) in [5, 5.41) is 13.0. The van der Waals surface area contributed by atoms with Crippen LogP contribution in [-0.4, -0.2) is 44.8 Å². The van der Waals surface area contributed by atoms with Crippen molar-refractivity contribution in [2.24, 2.45) is 18.4 Å². The SMILES string of the molecule is Cn1cc(C(=O)N2CCC3(CC2)CC3C(=O)O)cn1. The van der Waals surface area contributed by atoms with Gasteiger partial charge in [-0.1, -0.05) is 0 Å². The zero-order valence-electron chi connectivity index (χ0n) is 10.9. The molecule has 2 fully saturated rings. The molecule has 0 aromatic carbocycles. The second-order valence-electron chi connectivity index (χ2n) is 5.65. The number of hydrogen-bond donors (Lipinski definition) is 1. The highest BCUT2D eigenvalue weighted by molar-refractivity contribution is 5.93. The molecule has 1 N–H and O–H groups in total. The monoisotopic (exact) mass is 263 g/mol. The Kier molecular flexibility index (Phi) is 2.62. The molecule has 102 valence electrons. The molecule has 1 aromatic heterocycles. The lowest BCUT2D eigenvalue weighted by Crippen LogP contribution is -2.39. The fourth-order valence-electron chi connectivity index (χ4n) is 3.12. The average molecular weight is 263 g/mol. The van der Waals surface area contributed by atoms with Crippen molar-refractivity contribution in [1.29, 1.82) is 0 Å². The zero-order valence-corrected chi connectivity index (χ0v) is 10.9. The van der Waals surface area contributed by atoms with Crippen molar-refractivity contribution in [3.63, 3.8) is 0 Å². The van der Waals surface area contributed by atoms with Gasteiger partial charge >= 0.3 is 5.97 Å². The van der Waals surface area contributed by atoms with Gasteiger partial charge in [-0.15, -0.1) is 0 Å². The summed E-state index contributed by atoms with van der Waals surface area (Å²) in [7, 11) is 1.78. The standard InChI is InChI=1S/C13H17N3O3/c1-15-8-9(7-14-15)11(17)16-4-2-13(3-5-16)6-10(13)12(18)19/h7-8,10H,2-6H2,1H3,(H,18,19). The first-order chi connectivity index (χ1) is 9.02. The van der Waals surface area contributed by atoms with Gasteiger partial charge in [0.05, 0.1) is 17.7 Å². The molecule has 1 saturated carbocycles. The van der Waals surface area contributed by atoms with Crippen LogP contribution in [0, 0.1) is 11.3 Å². The van der Waals surface area contributed by atoms with Gasteiger partial charge in [0.15, 0.2) is 0 Å². The fraction of sp³-hybridized carbons (Fsp3) is 0.615. The number of aromatic nitrogens is 2. The van der Waals surface area contributed by atoms with Crippen LogP contribution in [0.15, 0.2) is 12.4 Å². The molecule has 2 heterocycles. The number of carboxylic acid groups (broad SMARTS) is 1. The van der Waals surface area contributed by atoms with Gasteiger partial charge in [0.1, 0.15) is 0 Å². The van der Waals surface area contributed by atoms with Crippen LogP contribution in [0.25, 0.3) is 0 Å². The molecule has 3 rings (SSSR count). The number of piperidine rings is 1. The number of likely N-dealkylation sites (tertiary alicyclic amines) is 1. The second kappa shape index (κ2) is 4.08. The van der Waals surface area contributed by atoms with E-state index in [1.807, 2.05) is 0 Å². The Morgan fingerprint density at radius 3 is 2.58 bits per heavy atom. The average Bonchev–Trinajstić information content (AvgIpc) is 2.91. The van der Waals surface area contributed by atoms with E-state index in [-0.39, 0.29) is 17.2 Å². The Balaban J connectivity index is 1.62. The number of carbonyl (C=O) groups excluding carboxylic acids is 1. The highest BCUT2D eigenvalue weighted by Crippen LogP contribution is 2.59. The van der Waals surface area contributed by atoms with E-state index in [2.05, 4.69) is 5.10 Å². The molecule has 19 heavy (non-hydrogen) atoms. The number of carboxylic acids is 1. The smallest absolute Gasteiger partial charge is 0.307 e. The molecule has 1 unspecified atom stereocenters. The van der Waals surface area contributed by atoms with Crippen LogP contribution in [0.3, 0.4) is 0 Å². The molecule has 1 aliphatic carbocycles. The number of hydrogen-bond acceptors (Lipinski definition) is 3. The summed E-state index contributed by atoms with van der Waals surface area (Å²) >= 11 is 0. The number of carbonyl (C=O) groups is 2. The molecule has 0 radical (unpaired) electrons. The number of aliphatic carboxylic acids is 1. The highest BCUT2D eigenvalue weighted by Gasteiger charge is 2.59. The molecule has 1 spiro atoms. The van der Waals surface area contributed by atoms with E-state index >= 15 is 0 Å². The van der Waals surface area contributed by atoms with Gasteiger partial charge in [0, 0.05) is 26.3 Å². The molecule has 1 saturated heterocycles. The highest BCUT2D eigenvalue weighted by atomic mass is 16.4. The first-order valence-corrected chi connectivity index (χ1v) is 6.53. The molecular formula is C13H17N3O3. The van der Waals surface area contributed by atoms with Gasteiger partial charge in [-0.05, 0) is 24.7 Å². The third-order valence-electron chi connectivity index (χ3n) is 4.49. The summed E-state index contributed by atoms with van der Waals surface area (Å²) < 4.78 is 1.61. The maximum absolute atomic E-state index is 12.2. The lowest BCUT2D eigenvalue weighted by atomic mass is 9.90. The Hall–Kier alpha value is -1.85. The van der Waals surface area contributed by atoms with Crippen LogP contribution < -0.4 is 0 Å². The number of rotatable bonds is 2. The van der Waals surface area contributed by atoms with E-state index in [0.717, 1.165) is 19.3 Å². The normalized spacial score (nSPS) is 24.5. The van der Waals surface area contributed by atoms with Crippen molar-refractivity contribution in [1.82, 2.24) is 14.7 Å². The summed E-state index contributed by atoms with van der Waals surface area (Å²) in [6.07, 6.45) is 5.66. The number of nitrogens with zero attached hydrogens (tertiary/aromatic N) is 3. The van der Waals surface area contributed by atoms with Crippen molar-refractivity contribution >= 4 is 11.9 Å². The minimum atomic E-state index is -0.688. The van der Waals surface area contributed by atoms with E-state index in [1.54, 1.807) is 29.0 Å². The Morgan fingerprint density at radius 1 is 1.42 bits per heavy atom. The molecule has 1 amide bonds. The van der Waals surface area contributed by atoms with Crippen molar-refractivity contribution in [2.45, 2.75) is 19.3 Å². The Bertz CT molecular complexity index is 529. The Labute approximate surface area is 111 Å². The van der Waals surface area contributed by atoms with Gasteiger partial charge in [0.25, 0.3) is 5.91 Å². The van der Waals surface area contributed by atoms with Crippen LogP contribution in [0.1, 0.15) is 29.6 Å². The fourth-order valence-corrected chi connectivity index (χ4v) is 3.12. The van der Waals surface area contributed by atoms with Crippen LogP contribution in [0.4, 0.5) is 0 Å². The number of aryl methyl sites for hydroxylation is 1. The second-order valence-corrected chi connectivity index (χ2v) is 5.65. The topological polar surface area (TPSA) is 75.4 Å². The molecule has 0 bridgehead atoms. The summed E-state index contributed by atoms with van der Waals surface area (Å²) in [4.78, 5) is 25.0. The molecule has 2 aliphatic rings. The quantitative estimate of drug-likeness (QED) is 0.854. The maximum Gasteiger partial charge on any atom is 0.307 e. The van der Waals surface area contributed by atoms with Gasteiger partial charge in [-0.25, -0.2) is 0 Å². The van der Waals surface area contributed by atoms with E-state index in [4.69, 9.17) is 5.11 Å². The summed E-state index contributed by atoms with van der Waals surface area (Å²) in [5.74, 6) is -0.884. The molecule has 6 heteroatoms. The maximum atomic E-state index is 12.2. The van der Waals surface area contributed by atoms with Gasteiger partial charge in [0.2, 0.25) is 0 Å². The van der Waals surface area contributed by atoms with E-state index in [0.29, 0.717) is 18.7 Å². The van der Waals surface area contributed by atoms with Crippen LogP contribution in [0.5, 0.6) is 0 Å². The van der Waals surface area contributed by atoms with Crippen LogP contribution in [0.2, 0.25) is 0 Å². The van der Waals surface area contributed by atoms with E-state index in [9.17, 15) is 9.59 Å². The third-order valence-corrected chi connectivity index (χ3v) is 4.49. The largest absolute Gasteiger partial charge is 0.481 e. The molecule has 1 aliphatic heterocycles. The van der Waals surface area contributed by atoms with Crippen LogP contribution >= 0.6 is 0 Å². The first kappa shape index (κ1) is 12.2. The predicted molar refractivity (Wildman–Crippen MR) is 66.5 cm³/mol. The van der Waals surface area contributed by atoms with E-state index < -0.39 is 5.97 Å². The lowest BCUT2D eigenvalue weighted by molar-refractivity contribution is -0.139. The summed E-state index contributed by atoms with van der Waals surface area (Å²) in [6, 6.07) is 0. The van der Waals surface area contributed by atoms with Gasteiger partial charge < -0.3 is 10.0 Å². The number of amides is 1. The van der Waals surface area contributed by atoms with Crippen molar-refractivity contribution in [3.8, 4) is 0 Å². The third kappa shape index (κ3) is 2.01. The lowest BCUT2D eigenvalue weighted by Gasteiger charge is -2.32. The molecular weight excluding hydrogens is 246 g/mol. The van der Waals surface area contributed by atoms with Crippen LogP contribution in [-0.2, 0) is 11.8 Å². The molecule has 1 aromatic rings. The van der Waals surface area contributed by atoms with Crippen molar-refractivity contribution in [3.05, 3.63) is 18.0 Å². The summed E-state index contributed by atoms with van der Waals surface area (Å²) in [5.41, 5.74) is 0.571. The zero-order chi connectivity index (χ0) is 13.6.